The molecule has 1 aromatic heterocycles. The molecule has 204 valence electrons. The van der Waals surface area contributed by atoms with Crippen LogP contribution in [0.1, 0.15) is 111 Å². The van der Waals surface area contributed by atoms with Gasteiger partial charge >= 0.3 is 5.97 Å². The topological polar surface area (TPSA) is 51.7 Å². The van der Waals surface area contributed by atoms with Gasteiger partial charge in [-0.25, -0.2) is 0 Å². The summed E-state index contributed by atoms with van der Waals surface area (Å²) in [6.07, 6.45) is 11.8. The fourth-order valence-corrected chi connectivity index (χ4v) is 4.43. The first-order valence-electron chi connectivity index (χ1n) is 14.1. The molecule has 0 bridgehead atoms. The van der Waals surface area contributed by atoms with Crippen molar-refractivity contribution in [2.45, 2.75) is 106 Å². The SMILES string of the molecule is CCC.CCCC(C)C.CCN(C)C(OC(=O)CCC1CCCC1)c1ccnc2ccc(OC)cc12. The molecule has 36 heavy (non-hydrogen) atoms. The molecule has 1 atom stereocenters. The Balaban J connectivity index is 0.000000621. The van der Waals surface area contributed by atoms with Gasteiger partial charge in [0.2, 0.25) is 0 Å². The van der Waals surface area contributed by atoms with Crippen LogP contribution in [0, 0.1) is 11.8 Å². The molecular weight excluding hydrogens is 448 g/mol. The number of nitrogens with zero attached hydrogens (tertiary/aromatic N) is 2. The van der Waals surface area contributed by atoms with Crippen molar-refractivity contribution in [3.05, 3.63) is 36.0 Å². The Morgan fingerprint density at radius 2 is 1.78 bits per heavy atom. The molecule has 1 fully saturated rings. The van der Waals surface area contributed by atoms with E-state index < -0.39 is 6.23 Å². The lowest BCUT2D eigenvalue weighted by molar-refractivity contribution is -0.159. The summed E-state index contributed by atoms with van der Waals surface area (Å²) >= 11 is 0. The van der Waals surface area contributed by atoms with E-state index in [0.29, 0.717) is 12.3 Å². The molecule has 1 unspecified atom stereocenters. The van der Waals surface area contributed by atoms with Gasteiger partial charge in [-0.2, -0.15) is 0 Å². The van der Waals surface area contributed by atoms with E-state index in [0.717, 1.165) is 41.1 Å². The zero-order chi connectivity index (χ0) is 26.9. The van der Waals surface area contributed by atoms with E-state index in [1.807, 2.05) is 36.2 Å². The molecule has 1 heterocycles. The predicted octanol–water partition coefficient (Wildman–Crippen LogP) is 8.57. The molecule has 1 aromatic carbocycles. The van der Waals surface area contributed by atoms with Crippen LogP contribution in [0.15, 0.2) is 30.5 Å². The Hall–Kier alpha value is -2.14. The summed E-state index contributed by atoms with van der Waals surface area (Å²) in [7, 11) is 3.62. The Morgan fingerprint density at radius 1 is 1.11 bits per heavy atom. The van der Waals surface area contributed by atoms with E-state index in [4.69, 9.17) is 9.47 Å². The van der Waals surface area contributed by atoms with Crippen LogP contribution in [0.2, 0.25) is 0 Å². The van der Waals surface area contributed by atoms with Crippen LogP contribution in [0.4, 0.5) is 0 Å². The third-order valence-electron chi connectivity index (χ3n) is 6.49. The predicted molar refractivity (Wildman–Crippen MR) is 152 cm³/mol. The first-order chi connectivity index (χ1) is 17.3. The Kier molecular flexibility index (Phi) is 16.1. The Morgan fingerprint density at radius 3 is 2.31 bits per heavy atom. The molecule has 0 spiro atoms. The molecule has 0 amide bonds. The summed E-state index contributed by atoms with van der Waals surface area (Å²) < 4.78 is 11.3. The quantitative estimate of drug-likeness (QED) is 0.241. The number of hydrogen-bond donors (Lipinski definition) is 0. The van der Waals surface area contributed by atoms with Crippen molar-refractivity contribution in [1.29, 1.82) is 0 Å². The van der Waals surface area contributed by atoms with E-state index in [-0.39, 0.29) is 5.97 Å². The molecule has 1 aliphatic carbocycles. The van der Waals surface area contributed by atoms with Gasteiger partial charge in [0.05, 0.1) is 12.6 Å². The fourth-order valence-electron chi connectivity index (χ4n) is 4.43. The molecule has 0 aliphatic heterocycles. The van der Waals surface area contributed by atoms with Crippen LogP contribution in [-0.2, 0) is 9.53 Å². The number of methoxy groups -OCH3 is 1. The van der Waals surface area contributed by atoms with Crippen molar-refractivity contribution in [2.24, 2.45) is 11.8 Å². The van der Waals surface area contributed by atoms with Crippen LogP contribution < -0.4 is 4.74 Å². The monoisotopic (exact) mass is 500 g/mol. The number of rotatable bonds is 10. The van der Waals surface area contributed by atoms with E-state index in [1.54, 1.807) is 13.3 Å². The lowest BCUT2D eigenvalue weighted by Gasteiger charge is -2.28. The highest BCUT2D eigenvalue weighted by molar-refractivity contribution is 5.84. The van der Waals surface area contributed by atoms with Crippen LogP contribution in [0.5, 0.6) is 5.75 Å². The fraction of sp³-hybridized carbons (Fsp3) is 0.677. The molecular formula is C31H52N2O3. The second kappa shape index (κ2) is 18.2. The lowest BCUT2D eigenvalue weighted by Crippen LogP contribution is -2.29. The smallest absolute Gasteiger partial charge is 0.307 e. The van der Waals surface area contributed by atoms with Gasteiger partial charge in [-0.15, -0.1) is 0 Å². The van der Waals surface area contributed by atoms with Gasteiger partial charge in [0, 0.05) is 23.6 Å². The molecule has 5 heteroatoms. The number of hydrogen-bond acceptors (Lipinski definition) is 5. The van der Waals surface area contributed by atoms with Crippen LogP contribution in [-0.4, -0.2) is 36.6 Å². The first-order valence-corrected chi connectivity index (χ1v) is 14.1. The third kappa shape index (κ3) is 11.3. The van der Waals surface area contributed by atoms with E-state index in [1.165, 1.54) is 44.9 Å². The number of pyridine rings is 1. The molecule has 1 saturated carbocycles. The maximum atomic E-state index is 12.6. The minimum Gasteiger partial charge on any atom is -0.497 e. The maximum Gasteiger partial charge on any atom is 0.307 e. The highest BCUT2D eigenvalue weighted by Crippen LogP contribution is 2.32. The van der Waals surface area contributed by atoms with Crippen molar-refractivity contribution in [3.63, 3.8) is 0 Å². The second-order valence-corrected chi connectivity index (χ2v) is 10.3. The van der Waals surface area contributed by atoms with Crippen LogP contribution in [0.25, 0.3) is 10.9 Å². The number of benzene rings is 1. The number of aromatic nitrogens is 1. The number of esters is 1. The summed E-state index contributed by atoms with van der Waals surface area (Å²) in [6, 6.07) is 7.72. The molecule has 0 saturated heterocycles. The largest absolute Gasteiger partial charge is 0.497 e. The average molecular weight is 501 g/mol. The van der Waals surface area contributed by atoms with Crippen LogP contribution in [0.3, 0.4) is 0 Å². The average Bonchev–Trinajstić information content (AvgIpc) is 3.39. The number of fused-ring (bicyclic) bond motifs is 1. The molecule has 5 nitrogen and oxygen atoms in total. The minimum atomic E-state index is -0.427. The summed E-state index contributed by atoms with van der Waals surface area (Å²) in [5.41, 5.74) is 1.81. The van der Waals surface area contributed by atoms with Gasteiger partial charge in [-0.05, 0) is 56.1 Å². The summed E-state index contributed by atoms with van der Waals surface area (Å²) in [4.78, 5) is 19.1. The highest BCUT2D eigenvalue weighted by Gasteiger charge is 2.24. The van der Waals surface area contributed by atoms with Gasteiger partial charge in [-0.1, -0.05) is 86.5 Å². The maximum absolute atomic E-state index is 12.6. The summed E-state index contributed by atoms with van der Waals surface area (Å²) in [5, 5.41) is 0.950. The van der Waals surface area contributed by atoms with Crippen molar-refractivity contribution >= 4 is 16.9 Å². The lowest BCUT2D eigenvalue weighted by atomic mass is 10.0. The second-order valence-electron chi connectivity index (χ2n) is 10.3. The van der Waals surface area contributed by atoms with E-state index in [9.17, 15) is 4.79 Å². The van der Waals surface area contributed by atoms with Gasteiger partial charge < -0.3 is 9.47 Å². The highest BCUT2D eigenvalue weighted by atomic mass is 16.6. The van der Waals surface area contributed by atoms with Crippen molar-refractivity contribution in [3.8, 4) is 5.75 Å². The van der Waals surface area contributed by atoms with E-state index >= 15 is 0 Å². The zero-order valence-electron chi connectivity index (χ0n) is 24.3. The normalized spacial score (nSPS) is 14.2. The van der Waals surface area contributed by atoms with Gasteiger partial charge in [-0.3, -0.25) is 14.7 Å². The Labute approximate surface area is 221 Å². The zero-order valence-corrected chi connectivity index (χ0v) is 24.3. The summed E-state index contributed by atoms with van der Waals surface area (Å²) in [6.45, 7) is 13.8. The molecule has 0 radical (unpaired) electrons. The van der Waals surface area contributed by atoms with Crippen molar-refractivity contribution in [2.75, 3.05) is 20.7 Å². The van der Waals surface area contributed by atoms with Gasteiger partial charge in [0.15, 0.2) is 6.23 Å². The Bertz CT molecular complexity index is 862. The minimum absolute atomic E-state index is 0.125. The van der Waals surface area contributed by atoms with Gasteiger partial charge in [0.1, 0.15) is 5.75 Å². The summed E-state index contributed by atoms with van der Waals surface area (Å²) in [5.74, 6) is 2.23. The molecule has 1 aliphatic rings. The standard InChI is InChI=1S/C22H30N2O3.C6H14.C3H8/c1-4-24(2)22(27-21(25)12-9-16-7-5-6-8-16)18-13-14-23-20-11-10-17(26-3)15-19(18)20;1-4-5-6(2)3;1-3-2/h10-11,13-16,22H,4-9,12H2,1-3H3;6H,4-5H2,1-3H3;3H2,1-2H3. The molecule has 3 rings (SSSR count). The number of ether oxygens (including phenoxy) is 2. The third-order valence-corrected chi connectivity index (χ3v) is 6.49. The first kappa shape index (κ1) is 31.9. The number of carbonyl (C=O) groups excluding carboxylic acids is 1. The van der Waals surface area contributed by atoms with Crippen molar-refractivity contribution in [1.82, 2.24) is 9.88 Å². The molecule has 0 N–H and O–H groups in total. The van der Waals surface area contributed by atoms with Crippen LogP contribution >= 0.6 is 0 Å². The van der Waals surface area contributed by atoms with E-state index in [2.05, 4.69) is 46.5 Å². The molecule has 2 aromatic rings. The van der Waals surface area contributed by atoms with Gasteiger partial charge in [0.25, 0.3) is 0 Å². The van der Waals surface area contributed by atoms with Crippen molar-refractivity contribution < 1.29 is 14.3 Å². The number of carbonyl (C=O) groups is 1.